The Morgan fingerprint density at radius 1 is 1.32 bits per heavy atom. The minimum atomic E-state index is -0.189. The fraction of sp³-hybridized carbons (Fsp3) is 0.0625. The highest BCUT2D eigenvalue weighted by Crippen LogP contribution is 2.35. The number of carbonyl (C=O) groups is 1. The topological polar surface area (TPSA) is 57.1 Å². The smallest absolute Gasteiger partial charge is 0.273 e. The lowest BCUT2D eigenvalue weighted by molar-refractivity contribution is -0.113. The molecular weight excluding hydrogens is 314 g/mol. The van der Waals surface area contributed by atoms with Gasteiger partial charge >= 0.3 is 0 Å². The molecule has 0 radical (unpaired) electrons. The lowest BCUT2D eigenvalue weighted by atomic mass is 10.1. The van der Waals surface area contributed by atoms with E-state index in [1.165, 1.54) is 28.0 Å². The van der Waals surface area contributed by atoms with Gasteiger partial charge in [0.15, 0.2) is 10.3 Å². The predicted molar refractivity (Wildman–Crippen MR) is 93.1 cm³/mol. The lowest BCUT2D eigenvalue weighted by Gasteiger charge is -2.08. The van der Waals surface area contributed by atoms with Crippen molar-refractivity contribution >= 4 is 45.4 Å². The number of hydrogen-bond acceptors (Lipinski definition) is 5. The van der Waals surface area contributed by atoms with E-state index in [0.717, 1.165) is 11.1 Å². The van der Waals surface area contributed by atoms with E-state index in [-0.39, 0.29) is 11.1 Å². The summed E-state index contributed by atoms with van der Waals surface area (Å²) in [6, 6.07) is 9.93. The Bertz CT molecular complexity index is 764. The van der Waals surface area contributed by atoms with Crippen molar-refractivity contribution in [2.75, 3.05) is 4.90 Å². The molecule has 1 aromatic carbocycles. The molecule has 1 N–H and O–H groups in total. The van der Waals surface area contributed by atoms with Crippen molar-refractivity contribution in [3.63, 3.8) is 0 Å². The molecule has 1 aliphatic rings. The number of carbonyl (C=O) groups excluding carboxylic acids is 1. The SMILES string of the molecule is CC(=Cc1ccccc1)C=C1SC(=N)N(c2nccs2)C1=O. The Labute approximate surface area is 136 Å². The highest BCUT2D eigenvalue weighted by Gasteiger charge is 2.34. The third-order valence-corrected chi connectivity index (χ3v) is 4.63. The zero-order valence-electron chi connectivity index (χ0n) is 11.8. The van der Waals surface area contributed by atoms with Crippen molar-refractivity contribution in [1.29, 1.82) is 5.41 Å². The molecule has 3 rings (SSSR count). The number of amidine groups is 1. The average molecular weight is 327 g/mol. The minimum absolute atomic E-state index is 0.189. The Morgan fingerprint density at radius 3 is 2.77 bits per heavy atom. The number of nitrogens with one attached hydrogen (secondary N) is 1. The van der Waals surface area contributed by atoms with Gasteiger partial charge < -0.3 is 0 Å². The van der Waals surface area contributed by atoms with E-state index in [4.69, 9.17) is 5.41 Å². The van der Waals surface area contributed by atoms with Crippen LogP contribution in [0.15, 0.2) is 58.5 Å². The standard InChI is InChI=1S/C16H13N3OS2/c1-11(9-12-5-3-2-4-6-12)10-13-14(20)19(15(17)22-13)16-18-7-8-21-16/h2-10,17H,1H3. The van der Waals surface area contributed by atoms with Crippen LogP contribution in [0.2, 0.25) is 0 Å². The second-order valence-corrected chi connectivity index (χ2v) is 6.57. The Morgan fingerprint density at radius 2 is 2.09 bits per heavy atom. The summed E-state index contributed by atoms with van der Waals surface area (Å²) in [6.45, 7) is 1.95. The highest BCUT2D eigenvalue weighted by molar-refractivity contribution is 8.19. The lowest BCUT2D eigenvalue weighted by Crippen LogP contribution is -2.27. The number of nitrogens with zero attached hydrogens (tertiary/aromatic N) is 2. The molecule has 0 aliphatic carbocycles. The number of benzene rings is 1. The molecule has 1 fully saturated rings. The molecule has 6 heteroatoms. The zero-order chi connectivity index (χ0) is 15.5. The van der Waals surface area contributed by atoms with Crippen LogP contribution in [0.25, 0.3) is 6.08 Å². The second-order valence-electron chi connectivity index (χ2n) is 4.67. The van der Waals surface area contributed by atoms with Crippen molar-refractivity contribution in [3.05, 3.63) is 64.0 Å². The zero-order valence-corrected chi connectivity index (χ0v) is 13.4. The summed E-state index contributed by atoms with van der Waals surface area (Å²) < 4.78 is 0. The van der Waals surface area contributed by atoms with Crippen molar-refractivity contribution in [2.24, 2.45) is 0 Å². The van der Waals surface area contributed by atoms with Gasteiger partial charge in [-0.25, -0.2) is 9.88 Å². The van der Waals surface area contributed by atoms with Gasteiger partial charge in [-0.2, -0.15) is 0 Å². The van der Waals surface area contributed by atoms with Crippen molar-refractivity contribution < 1.29 is 4.79 Å². The summed E-state index contributed by atoms with van der Waals surface area (Å²) in [6.07, 6.45) is 5.46. The fourth-order valence-electron chi connectivity index (χ4n) is 2.05. The molecule has 0 bridgehead atoms. The maximum absolute atomic E-state index is 12.4. The second kappa shape index (κ2) is 6.29. The van der Waals surface area contributed by atoms with Crippen molar-refractivity contribution in [1.82, 2.24) is 4.98 Å². The third kappa shape index (κ3) is 3.03. The Kier molecular flexibility index (Phi) is 4.22. The molecule has 1 aromatic heterocycles. The van der Waals surface area contributed by atoms with E-state index in [1.54, 1.807) is 11.6 Å². The molecule has 1 saturated heterocycles. The van der Waals surface area contributed by atoms with Gasteiger partial charge in [0.25, 0.3) is 5.91 Å². The molecular formula is C16H13N3OS2. The Balaban J connectivity index is 1.85. The quantitative estimate of drug-likeness (QED) is 0.862. The summed E-state index contributed by atoms with van der Waals surface area (Å²) in [5.41, 5.74) is 2.05. The molecule has 0 unspecified atom stereocenters. The predicted octanol–water partition coefficient (Wildman–Crippen LogP) is 4.15. The molecule has 0 spiro atoms. The fourth-order valence-corrected chi connectivity index (χ4v) is 3.64. The van der Waals surface area contributed by atoms with Crippen LogP contribution in [-0.4, -0.2) is 16.1 Å². The van der Waals surface area contributed by atoms with Crippen LogP contribution in [0, 0.1) is 5.41 Å². The van der Waals surface area contributed by atoms with E-state index in [2.05, 4.69) is 4.98 Å². The third-order valence-electron chi connectivity index (χ3n) is 2.99. The number of thiazole rings is 1. The van der Waals surface area contributed by atoms with Crippen LogP contribution >= 0.6 is 23.1 Å². The molecule has 22 heavy (non-hydrogen) atoms. The van der Waals surface area contributed by atoms with Crippen LogP contribution < -0.4 is 4.90 Å². The van der Waals surface area contributed by atoms with Crippen LogP contribution in [-0.2, 0) is 4.79 Å². The molecule has 0 atom stereocenters. The normalized spacial score (nSPS) is 17.6. The van der Waals surface area contributed by atoms with Gasteiger partial charge in [-0.05, 0) is 35.9 Å². The van der Waals surface area contributed by atoms with E-state index in [0.29, 0.717) is 10.0 Å². The summed E-state index contributed by atoms with van der Waals surface area (Å²) in [4.78, 5) is 18.4. The first kappa shape index (κ1) is 14.7. The van der Waals surface area contributed by atoms with Crippen molar-refractivity contribution in [3.8, 4) is 0 Å². The number of anilines is 1. The average Bonchev–Trinajstić information content (AvgIpc) is 3.09. The van der Waals surface area contributed by atoms with Crippen LogP contribution in [0.1, 0.15) is 12.5 Å². The van der Waals surface area contributed by atoms with Crippen LogP contribution in [0.3, 0.4) is 0 Å². The van der Waals surface area contributed by atoms with Gasteiger partial charge in [-0.3, -0.25) is 10.2 Å². The van der Waals surface area contributed by atoms with Gasteiger partial charge in [-0.15, -0.1) is 11.3 Å². The molecule has 0 saturated carbocycles. The molecule has 2 aromatic rings. The van der Waals surface area contributed by atoms with Gasteiger partial charge in [0.05, 0.1) is 4.91 Å². The molecule has 4 nitrogen and oxygen atoms in total. The van der Waals surface area contributed by atoms with Crippen LogP contribution in [0.4, 0.5) is 5.13 Å². The van der Waals surface area contributed by atoms with Crippen molar-refractivity contribution in [2.45, 2.75) is 6.92 Å². The van der Waals surface area contributed by atoms with E-state index < -0.39 is 0 Å². The maximum Gasteiger partial charge on any atom is 0.273 e. The van der Waals surface area contributed by atoms with Gasteiger partial charge in [0.1, 0.15) is 0 Å². The minimum Gasteiger partial charge on any atom is -0.278 e. The molecule has 2 heterocycles. The van der Waals surface area contributed by atoms with E-state index >= 15 is 0 Å². The summed E-state index contributed by atoms with van der Waals surface area (Å²) in [5, 5.41) is 10.5. The molecule has 1 amide bonds. The first-order chi connectivity index (χ1) is 10.6. The number of aromatic nitrogens is 1. The number of hydrogen-bond donors (Lipinski definition) is 1. The van der Waals surface area contributed by atoms with Crippen LogP contribution in [0.5, 0.6) is 0 Å². The molecule has 110 valence electrons. The Hall–Kier alpha value is -2.18. The summed E-state index contributed by atoms with van der Waals surface area (Å²) in [7, 11) is 0. The van der Waals surface area contributed by atoms with Gasteiger partial charge in [-0.1, -0.05) is 36.4 Å². The monoisotopic (exact) mass is 327 g/mol. The number of amides is 1. The van der Waals surface area contributed by atoms with E-state index in [9.17, 15) is 4.79 Å². The first-order valence-electron chi connectivity index (χ1n) is 6.60. The summed E-state index contributed by atoms with van der Waals surface area (Å²) in [5.74, 6) is -0.189. The maximum atomic E-state index is 12.4. The van der Waals surface area contributed by atoms with E-state index in [1.807, 2.05) is 49.4 Å². The molecule has 1 aliphatic heterocycles. The highest BCUT2D eigenvalue weighted by atomic mass is 32.2. The first-order valence-corrected chi connectivity index (χ1v) is 8.30. The van der Waals surface area contributed by atoms with Gasteiger partial charge in [0.2, 0.25) is 0 Å². The number of rotatable bonds is 3. The number of thioether (sulfide) groups is 1. The largest absolute Gasteiger partial charge is 0.278 e. The number of allylic oxidation sites excluding steroid dienone is 2. The summed E-state index contributed by atoms with van der Waals surface area (Å²) >= 11 is 2.51. The van der Waals surface area contributed by atoms with Gasteiger partial charge in [0, 0.05) is 11.6 Å².